The summed E-state index contributed by atoms with van der Waals surface area (Å²) in [6, 6.07) is 16.4. The molecule has 0 aliphatic carbocycles. The smallest absolute Gasteiger partial charge is 0.274 e. The van der Waals surface area contributed by atoms with E-state index < -0.39 is 5.91 Å². The van der Waals surface area contributed by atoms with Crippen LogP contribution in [0.3, 0.4) is 0 Å². The summed E-state index contributed by atoms with van der Waals surface area (Å²) in [5.41, 5.74) is 5.05. The molecule has 28 heavy (non-hydrogen) atoms. The summed E-state index contributed by atoms with van der Waals surface area (Å²) < 4.78 is 0. The van der Waals surface area contributed by atoms with Gasteiger partial charge in [-0.2, -0.15) is 0 Å². The van der Waals surface area contributed by atoms with Crippen molar-refractivity contribution in [2.45, 2.75) is 6.54 Å². The second-order valence-electron chi connectivity index (χ2n) is 6.58. The van der Waals surface area contributed by atoms with Gasteiger partial charge in [0.25, 0.3) is 11.8 Å². The number of pyridine rings is 1. The molecule has 4 rings (SSSR count). The number of hydroxylamine groups is 1. The number of hydrogen-bond acceptors (Lipinski definition) is 4. The zero-order chi connectivity index (χ0) is 19.7. The van der Waals surface area contributed by atoms with Crippen molar-refractivity contribution in [2.24, 2.45) is 0 Å². The normalized spacial score (nSPS) is 10.9. The monoisotopic (exact) mass is 374 g/mol. The SMILES string of the molecule is CN(Cc1ccc(C(=O)NO)cc1)C(=O)c1cc2c(cn1)[nH]c1ccccc12. The fraction of sp³-hybridized carbons (Fsp3) is 0.0952. The van der Waals surface area contributed by atoms with Gasteiger partial charge in [-0.05, 0) is 29.8 Å². The number of rotatable bonds is 4. The third-order valence-electron chi connectivity index (χ3n) is 4.69. The molecule has 0 unspecified atom stereocenters. The first-order valence-electron chi connectivity index (χ1n) is 8.72. The lowest BCUT2D eigenvalue weighted by molar-refractivity contribution is 0.0705. The molecule has 0 fully saturated rings. The Balaban J connectivity index is 1.56. The van der Waals surface area contributed by atoms with Crippen LogP contribution in [-0.4, -0.2) is 38.9 Å². The number of benzene rings is 2. The lowest BCUT2D eigenvalue weighted by atomic mass is 10.1. The summed E-state index contributed by atoms with van der Waals surface area (Å²) in [7, 11) is 1.71. The Morgan fingerprint density at radius 3 is 2.57 bits per heavy atom. The summed E-state index contributed by atoms with van der Waals surface area (Å²) in [5, 5.41) is 10.7. The second kappa shape index (κ2) is 7.13. The number of nitrogens with zero attached hydrogens (tertiary/aromatic N) is 2. The van der Waals surface area contributed by atoms with E-state index in [0.29, 0.717) is 17.8 Å². The second-order valence-corrected chi connectivity index (χ2v) is 6.58. The topological polar surface area (TPSA) is 98.3 Å². The van der Waals surface area contributed by atoms with Crippen LogP contribution in [0.5, 0.6) is 0 Å². The van der Waals surface area contributed by atoms with Crippen molar-refractivity contribution in [1.29, 1.82) is 0 Å². The molecule has 4 aromatic rings. The highest BCUT2D eigenvalue weighted by Gasteiger charge is 2.16. The van der Waals surface area contributed by atoms with Crippen molar-refractivity contribution in [2.75, 3.05) is 7.05 Å². The van der Waals surface area contributed by atoms with Crippen LogP contribution >= 0.6 is 0 Å². The number of aromatic amines is 1. The minimum atomic E-state index is -0.577. The Morgan fingerprint density at radius 2 is 1.82 bits per heavy atom. The number of hydrogen-bond donors (Lipinski definition) is 3. The van der Waals surface area contributed by atoms with E-state index in [1.807, 2.05) is 30.3 Å². The largest absolute Gasteiger partial charge is 0.353 e. The molecule has 7 nitrogen and oxygen atoms in total. The molecule has 7 heteroatoms. The molecule has 2 aromatic carbocycles. The Bertz CT molecular complexity index is 1180. The zero-order valence-electron chi connectivity index (χ0n) is 15.1. The van der Waals surface area contributed by atoms with Crippen molar-refractivity contribution in [3.05, 3.63) is 77.6 Å². The van der Waals surface area contributed by atoms with E-state index in [1.165, 1.54) is 0 Å². The molecule has 0 bridgehead atoms. The molecule has 0 saturated carbocycles. The quantitative estimate of drug-likeness (QED) is 0.378. The van der Waals surface area contributed by atoms with Crippen LogP contribution in [0, 0.1) is 0 Å². The average molecular weight is 374 g/mol. The van der Waals surface area contributed by atoms with Gasteiger partial charge in [-0.15, -0.1) is 0 Å². The standard InChI is InChI=1S/C21H18N4O3/c1-25(12-13-6-8-14(9-7-13)20(26)24-28)21(27)18-10-16-15-4-2-3-5-17(15)23-19(16)11-22-18/h2-11,23,28H,12H2,1H3,(H,24,26). The van der Waals surface area contributed by atoms with Gasteiger partial charge >= 0.3 is 0 Å². The van der Waals surface area contributed by atoms with E-state index in [4.69, 9.17) is 5.21 Å². The van der Waals surface area contributed by atoms with Crippen LogP contribution in [0.1, 0.15) is 26.4 Å². The molecule has 0 saturated heterocycles. The van der Waals surface area contributed by atoms with Crippen LogP contribution in [0.2, 0.25) is 0 Å². The van der Waals surface area contributed by atoms with Gasteiger partial charge in [-0.3, -0.25) is 14.8 Å². The van der Waals surface area contributed by atoms with Crippen LogP contribution < -0.4 is 5.48 Å². The fourth-order valence-corrected chi connectivity index (χ4v) is 3.23. The van der Waals surface area contributed by atoms with Gasteiger partial charge in [-0.1, -0.05) is 30.3 Å². The first kappa shape index (κ1) is 17.7. The number of para-hydroxylation sites is 1. The van der Waals surface area contributed by atoms with Gasteiger partial charge in [0.15, 0.2) is 0 Å². The minimum Gasteiger partial charge on any atom is -0.353 e. The third kappa shape index (κ3) is 3.19. The van der Waals surface area contributed by atoms with Crippen LogP contribution in [0.15, 0.2) is 60.8 Å². The molecule has 3 N–H and O–H groups in total. The molecule has 0 atom stereocenters. The fourth-order valence-electron chi connectivity index (χ4n) is 3.23. The van der Waals surface area contributed by atoms with Gasteiger partial charge in [0.2, 0.25) is 0 Å². The maximum absolute atomic E-state index is 12.8. The predicted octanol–water partition coefficient (Wildman–Crippen LogP) is 3.11. The van der Waals surface area contributed by atoms with Gasteiger partial charge in [0, 0.05) is 35.4 Å². The maximum atomic E-state index is 12.8. The molecule has 0 radical (unpaired) electrons. The molecule has 0 aliphatic rings. The summed E-state index contributed by atoms with van der Waals surface area (Å²) in [4.78, 5) is 33.4. The number of H-pyrrole nitrogens is 1. The molecule has 2 heterocycles. The average Bonchev–Trinajstić information content (AvgIpc) is 3.11. The Hall–Kier alpha value is -3.71. The van der Waals surface area contributed by atoms with Crippen LogP contribution in [0.25, 0.3) is 21.8 Å². The Kier molecular flexibility index (Phi) is 4.50. The van der Waals surface area contributed by atoms with Crippen molar-refractivity contribution >= 4 is 33.6 Å². The summed E-state index contributed by atoms with van der Waals surface area (Å²) in [6.07, 6.45) is 1.68. The van der Waals surface area contributed by atoms with E-state index in [1.54, 1.807) is 47.9 Å². The first-order chi connectivity index (χ1) is 13.6. The van der Waals surface area contributed by atoms with Gasteiger partial charge in [0.1, 0.15) is 5.69 Å². The number of nitrogens with one attached hydrogen (secondary N) is 2. The Morgan fingerprint density at radius 1 is 1.07 bits per heavy atom. The molecular weight excluding hydrogens is 356 g/mol. The predicted molar refractivity (Wildman–Crippen MR) is 105 cm³/mol. The maximum Gasteiger partial charge on any atom is 0.274 e. The first-order valence-corrected chi connectivity index (χ1v) is 8.72. The highest BCUT2D eigenvalue weighted by atomic mass is 16.5. The van der Waals surface area contributed by atoms with Crippen molar-refractivity contribution in [3.63, 3.8) is 0 Å². The highest BCUT2D eigenvalue weighted by molar-refractivity contribution is 6.09. The lowest BCUT2D eigenvalue weighted by Gasteiger charge is -2.17. The van der Waals surface area contributed by atoms with Gasteiger partial charge < -0.3 is 9.88 Å². The number of aromatic nitrogens is 2. The summed E-state index contributed by atoms with van der Waals surface area (Å²) >= 11 is 0. The molecule has 0 aliphatic heterocycles. The highest BCUT2D eigenvalue weighted by Crippen LogP contribution is 2.25. The lowest BCUT2D eigenvalue weighted by Crippen LogP contribution is -2.27. The number of carbonyl (C=O) groups is 2. The Labute approximate surface area is 160 Å². The summed E-state index contributed by atoms with van der Waals surface area (Å²) in [6.45, 7) is 0.369. The third-order valence-corrected chi connectivity index (χ3v) is 4.69. The van der Waals surface area contributed by atoms with Crippen molar-refractivity contribution in [3.8, 4) is 0 Å². The van der Waals surface area contributed by atoms with E-state index in [2.05, 4.69) is 9.97 Å². The van der Waals surface area contributed by atoms with Crippen LogP contribution in [-0.2, 0) is 6.54 Å². The molecule has 2 aromatic heterocycles. The molecular formula is C21H18N4O3. The zero-order valence-corrected chi connectivity index (χ0v) is 15.1. The summed E-state index contributed by atoms with van der Waals surface area (Å²) in [5.74, 6) is -0.767. The van der Waals surface area contributed by atoms with E-state index in [0.717, 1.165) is 27.4 Å². The van der Waals surface area contributed by atoms with Gasteiger partial charge in [0.05, 0.1) is 11.7 Å². The van der Waals surface area contributed by atoms with Crippen molar-refractivity contribution in [1.82, 2.24) is 20.3 Å². The van der Waals surface area contributed by atoms with E-state index >= 15 is 0 Å². The van der Waals surface area contributed by atoms with E-state index in [9.17, 15) is 9.59 Å². The van der Waals surface area contributed by atoms with E-state index in [-0.39, 0.29) is 5.91 Å². The number of fused-ring (bicyclic) bond motifs is 3. The number of amides is 2. The van der Waals surface area contributed by atoms with Gasteiger partial charge in [-0.25, -0.2) is 10.5 Å². The minimum absolute atomic E-state index is 0.190. The number of carbonyl (C=O) groups excluding carboxylic acids is 2. The van der Waals surface area contributed by atoms with Crippen molar-refractivity contribution < 1.29 is 14.8 Å². The molecule has 140 valence electrons. The molecule has 0 spiro atoms. The molecule has 2 amide bonds. The van der Waals surface area contributed by atoms with Crippen LogP contribution in [0.4, 0.5) is 0 Å².